The van der Waals surface area contributed by atoms with Gasteiger partial charge in [-0.15, -0.1) is 5.10 Å². The molecule has 2 aromatic carbocycles. The van der Waals surface area contributed by atoms with Crippen LogP contribution in [0.25, 0.3) is 6.08 Å². The Morgan fingerprint density at radius 2 is 1.80 bits per heavy atom. The number of carbonyl (C=O) groups excluding carboxylic acids is 1. The first-order valence-corrected chi connectivity index (χ1v) is 10.9. The Morgan fingerprint density at radius 1 is 1.07 bits per heavy atom. The standard InChI is InChI=1S/C22H15BrClN3O2S/c23-17-7-3-15(4-8-17)12-20-21(28)27(14-19-2-1-11-29-19)22(30-20)26-25-13-16-5-9-18(24)10-6-16/h1-13H,14H2/b20-12-,25-13-,26-22+. The van der Waals surface area contributed by atoms with Crippen molar-refractivity contribution >= 4 is 62.7 Å². The minimum absolute atomic E-state index is 0.139. The minimum Gasteiger partial charge on any atom is -0.467 e. The lowest BCUT2D eigenvalue weighted by Crippen LogP contribution is -2.28. The van der Waals surface area contributed by atoms with Crippen molar-refractivity contribution < 1.29 is 9.21 Å². The SMILES string of the molecule is O=C1/C(=C/c2ccc(Br)cc2)S/C(=N/N=C\c2ccc(Cl)cc2)N1Cc1ccco1. The van der Waals surface area contributed by atoms with Crippen LogP contribution in [0.1, 0.15) is 16.9 Å². The molecule has 0 unspecified atom stereocenters. The van der Waals surface area contributed by atoms with Crippen LogP contribution in [0, 0.1) is 0 Å². The second kappa shape index (κ2) is 9.47. The molecule has 1 aliphatic rings. The summed E-state index contributed by atoms with van der Waals surface area (Å²) in [6, 6.07) is 18.6. The van der Waals surface area contributed by atoms with E-state index in [4.69, 9.17) is 16.0 Å². The first kappa shape index (κ1) is 20.7. The average Bonchev–Trinajstić information content (AvgIpc) is 3.35. The smallest absolute Gasteiger partial charge is 0.267 e. The number of furan rings is 1. The Morgan fingerprint density at radius 3 is 2.50 bits per heavy atom. The van der Waals surface area contributed by atoms with E-state index in [1.54, 1.807) is 35.6 Å². The van der Waals surface area contributed by atoms with Gasteiger partial charge in [0.25, 0.3) is 5.91 Å². The molecule has 30 heavy (non-hydrogen) atoms. The van der Waals surface area contributed by atoms with Crippen molar-refractivity contribution in [2.45, 2.75) is 6.54 Å². The molecule has 3 aromatic rings. The predicted octanol–water partition coefficient (Wildman–Crippen LogP) is 6.20. The number of amidine groups is 1. The topological polar surface area (TPSA) is 58.2 Å². The number of amides is 1. The molecule has 0 bridgehead atoms. The molecule has 8 heteroatoms. The number of rotatable bonds is 5. The summed E-state index contributed by atoms with van der Waals surface area (Å²) in [4.78, 5) is 15.2. The Hall–Kier alpha value is -2.61. The van der Waals surface area contributed by atoms with E-state index in [1.807, 2.05) is 48.5 Å². The molecule has 0 radical (unpaired) electrons. The van der Waals surface area contributed by atoms with Gasteiger partial charge in [0.2, 0.25) is 0 Å². The van der Waals surface area contributed by atoms with Crippen LogP contribution in [-0.4, -0.2) is 22.2 Å². The molecule has 1 amide bonds. The highest BCUT2D eigenvalue weighted by molar-refractivity contribution is 9.10. The third-order valence-electron chi connectivity index (χ3n) is 4.17. The largest absolute Gasteiger partial charge is 0.467 e. The molecule has 1 aliphatic heterocycles. The van der Waals surface area contributed by atoms with E-state index >= 15 is 0 Å². The Bertz CT molecular complexity index is 1120. The first-order chi connectivity index (χ1) is 14.6. The van der Waals surface area contributed by atoms with Crippen LogP contribution >= 0.6 is 39.3 Å². The number of thioether (sulfide) groups is 1. The van der Waals surface area contributed by atoms with Gasteiger partial charge in [0, 0.05) is 9.50 Å². The van der Waals surface area contributed by atoms with Gasteiger partial charge in [0.05, 0.1) is 23.9 Å². The summed E-state index contributed by atoms with van der Waals surface area (Å²) in [7, 11) is 0. The van der Waals surface area contributed by atoms with Crippen LogP contribution in [0.15, 0.2) is 90.9 Å². The summed E-state index contributed by atoms with van der Waals surface area (Å²) in [6.45, 7) is 0.284. The number of halogens is 2. The van der Waals surface area contributed by atoms with Crippen molar-refractivity contribution in [2.75, 3.05) is 0 Å². The van der Waals surface area contributed by atoms with Gasteiger partial charge < -0.3 is 4.42 Å². The molecule has 0 spiro atoms. The van der Waals surface area contributed by atoms with E-state index in [9.17, 15) is 4.79 Å². The fraction of sp³-hybridized carbons (Fsp3) is 0.0455. The molecule has 5 nitrogen and oxygen atoms in total. The van der Waals surface area contributed by atoms with Crippen molar-refractivity contribution in [1.29, 1.82) is 0 Å². The molecule has 1 aromatic heterocycles. The van der Waals surface area contributed by atoms with E-state index < -0.39 is 0 Å². The minimum atomic E-state index is -0.139. The lowest BCUT2D eigenvalue weighted by molar-refractivity contribution is -0.122. The zero-order valence-corrected chi connectivity index (χ0v) is 18.7. The highest BCUT2D eigenvalue weighted by atomic mass is 79.9. The van der Waals surface area contributed by atoms with Gasteiger partial charge in [-0.25, -0.2) is 0 Å². The van der Waals surface area contributed by atoms with Gasteiger partial charge in [-0.05, 0) is 65.4 Å². The number of nitrogens with zero attached hydrogens (tertiary/aromatic N) is 3. The highest BCUT2D eigenvalue weighted by Crippen LogP contribution is 2.34. The third-order valence-corrected chi connectivity index (χ3v) is 5.95. The summed E-state index contributed by atoms with van der Waals surface area (Å²) in [6.07, 6.45) is 5.05. The Kier molecular flexibility index (Phi) is 6.52. The number of hydrogen-bond donors (Lipinski definition) is 0. The van der Waals surface area contributed by atoms with Gasteiger partial charge in [0.1, 0.15) is 5.76 Å². The normalized spacial score (nSPS) is 17.0. The maximum atomic E-state index is 13.0. The summed E-state index contributed by atoms with van der Waals surface area (Å²) >= 11 is 10.6. The van der Waals surface area contributed by atoms with E-state index in [0.717, 1.165) is 15.6 Å². The van der Waals surface area contributed by atoms with Crippen LogP contribution in [0.5, 0.6) is 0 Å². The molecule has 150 valence electrons. The molecule has 1 fully saturated rings. The number of benzene rings is 2. The molecular formula is C22H15BrClN3O2S. The van der Waals surface area contributed by atoms with E-state index in [2.05, 4.69) is 26.1 Å². The Labute approximate surface area is 191 Å². The predicted molar refractivity (Wildman–Crippen MR) is 125 cm³/mol. The second-order valence-electron chi connectivity index (χ2n) is 6.31. The second-order valence-corrected chi connectivity index (χ2v) is 8.67. The molecule has 0 atom stereocenters. The third kappa shape index (κ3) is 5.11. The monoisotopic (exact) mass is 499 g/mol. The van der Waals surface area contributed by atoms with Gasteiger partial charge in [-0.1, -0.05) is 51.8 Å². The lowest BCUT2D eigenvalue weighted by Gasteiger charge is -2.12. The zero-order valence-electron chi connectivity index (χ0n) is 15.5. The van der Waals surface area contributed by atoms with Crippen molar-refractivity contribution in [3.8, 4) is 0 Å². The van der Waals surface area contributed by atoms with Crippen LogP contribution in [0.4, 0.5) is 0 Å². The highest BCUT2D eigenvalue weighted by Gasteiger charge is 2.34. The van der Waals surface area contributed by atoms with E-state index in [-0.39, 0.29) is 12.5 Å². The quantitative estimate of drug-likeness (QED) is 0.238. The van der Waals surface area contributed by atoms with Crippen molar-refractivity contribution in [1.82, 2.24) is 4.90 Å². The maximum absolute atomic E-state index is 13.0. The summed E-state index contributed by atoms with van der Waals surface area (Å²) in [5.41, 5.74) is 1.79. The summed E-state index contributed by atoms with van der Waals surface area (Å²) in [5.74, 6) is 0.531. The van der Waals surface area contributed by atoms with Crippen LogP contribution in [0.3, 0.4) is 0 Å². The molecule has 0 N–H and O–H groups in total. The molecule has 0 aliphatic carbocycles. The fourth-order valence-electron chi connectivity index (χ4n) is 2.68. The number of carbonyl (C=O) groups is 1. The zero-order chi connectivity index (χ0) is 20.9. The van der Waals surface area contributed by atoms with Crippen molar-refractivity contribution in [3.63, 3.8) is 0 Å². The molecule has 1 saturated heterocycles. The van der Waals surface area contributed by atoms with Crippen LogP contribution in [-0.2, 0) is 11.3 Å². The van der Waals surface area contributed by atoms with Crippen LogP contribution in [0.2, 0.25) is 5.02 Å². The van der Waals surface area contributed by atoms with Gasteiger partial charge in [0.15, 0.2) is 5.17 Å². The van der Waals surface area contributed by atoms with Gasteiger partial charge >= 0.3 is 0 Å². The van der Waals surface area contributed by atoms with E-state index in [0.29, 0.717) is 20.9 Å². The first-order valence-electron chi connectivity index (χ1n) is 8.94. The van der Waals surface area contributed by atoms with Gasteiger partial charge in [-0.3, -0.25) is 9.69 Å². The molecule has 4 rings (SSSR count). The average molecular weight is 501 g/mol. The summed E-state index contributed by atoms with van der Waals surface area (Å²) < 4.78 is 6.39. The molecular weight excluding hydrogens is 486 g/mol. The van der Waals surface area contributed by atoms with Gasteiger partial charge in [-0.2, -0.15) is 5.10 Å². The summed E-state index contributed by atoms with van der Waals surface area (Å²) in [5, 5.41) is 9.60. The van der Waals surface area contributed by atoms with Crippen molar-refractivity contribution in [3.05, 3.63) is 98.2 Å². The fourth-order valence-corrected chi connectivity index (χ4v) is 4.01. The van der Waals surface area contributed by atoms with E-state index in [1.165, 1.54) is 11.8 Å². The van der Waals surface area contributed by atoms with Crippen molar-refractivity contribution in [2.24, 2.45) is 10.2 Å². The Balaban J connectivity index is 1.60. The van der Waals surface area contributed by atoms with Crippen LogP contribution < -0.4 is 0 Å². The number of hydrogen-bond acceptors (Lipinski definition) is 5. The lowest BCUT2D eigenvalue weighted by atomic mass is 10.2. The molecule has 0 saturated carbocycles. The maximum Gasteiger partial charge on any atom is 0.267 e. The molecule has 2 heterocycles.